The summed E-state index contributed by atoms with van der Waals surface area (Å²) in [6.07, 6.45) is 1.60. The molecule has 2 aromatic carbocycles. The van der Waals surface area contributed by atoms with Crippen LogP contribution in [0.2, 0.25) is 5.02 Å². The Hall–Kier alpha value is -3.18. The van der Waals surface area contributed by atoms with Crippen molar-refractivity contribution in [1.29, 1.82) is 0 Å². The molecular weight excluding hydrogens is 496 g/mol. The van der Waals surface area contributed by atoms with Crippen LogP contribution >= 0.6 is 11.6 Å². The van der Waals surface area contributed by atoms with Gasteiger partial charge in [0.05, 0.1) is 16.9 Å². The summed E-state index contributed by atoms with van der Waals surface area (Å²) in [7, 11) is -3.99. The van der Waals surface area contributed by atoms with E-state index in [9.17, 15) is 28.1 Å². The summed E-state index contributed by atoms with van der Waals surface area (Å²) in [4.78, 5) is 38.1. The molecule has 0 radical (unpaired) electrons. The van der Waals surface area contributed by atoms with Crippen molar-refractivity contribution >= 4 is 44.8 Å². The van der Waals surface area contributed by atoms with E-state index in [0.717, 1.165) is 16.6 Å². The van der Waals surface area contributed by atoms with Crippen LogP contribution in [-0.4, -0.2) is 54.9 Å². The molecule has 0 aliphatic carbocycles. The van der Waals surface area contributed by atoms with Gasteiger partial charge in [0.15, 0.2) is 0 Å². The second-order valence-corrected chi connectivity index (χ2v) is 10.5. The summed E-state index contributed by atoms with van der Waals surface area (Å²) < 4.78 is 25.9. The summed E-state index contributed by atoms with van der Waals surface area (Å²) in [5.74, 6) is -1.04. The van der Waals surface area contributed by atoms with Crippen molar-refractivity contribution in [2.75, 3.05) is 17.1 Å². The number of anilines is 1. The Labute approximate surface area is 210 Å². The molecule has 0 bridgehead atoms. The molecule has 12 heteroatoms. The van der Waals surface area contributed by atoms with Crippen molar-refractivity contribution in [1.82, 2.24) is 10.2 Å². The number of hydrogen-bond donors (Lipinski definition) is 1. The number of amides is 2. The van der Waals surface area contributed by atoms with Gasteiger partial charge in [-0.2, -0.15) is 0 Å². The van der Waals surface area contributed by atoms with E-state index in [1.54, 1.807) is 31.2 Å². The summed E-state index contributed by atoms with van der Waals surface area (Å²) in [5.41, 5.74) is 0.341. The molecule has 35 heavy (non-hydrogen) atoms. The second kappa shape index (κ2) is 12.0. The van der Waals surface area contributed by atoms with Gasteiger partial charge < -0.3 is 10.2 Å². The maximum Gasteiger partial charge on any atom is 0.271 e. The number of nitro groups is 1. The molecule has 0 aromatic heterocycles. The maximum absolute atomic E-state index is 13.4. The zero-order valence-corrected chi connectivity index (χ0v) is 21.5. The monoisotopic (exact) mass is 524 g/mol. The number of nitrogens with one attached hydrogen (secondary N) is 1. The largest absolute Gasteiger partial charge is 0.352 e. The fourth-order valence-electron chi connectivity index (χ4n) is 3.21. The fraction of sp³-hybridized carbons (Fsp3) is 0.391. The van der Waals surface area contributed by atoms with E-state index in [4.69, 9.17) is 11.6 Å². The van der Waals surface area contributed by atoms with E-state index < -0.39 is 33.4 Å². The van der Waals surface area contributed by atoms with Crippen LogP contribution in [0.3, 0.4) is 0 Å². The fourth-order valence-corrected chi connectivity index (χ4v) is 4.18. The zero-order chi connectivity index (χ0) is 26.3. The Morgan fingerprint density at radius 3 is 2.31 bits per heavy atom. The van der Waals surface area contributed by atoms with Crippen LogP contribution in [0, 0.1) is 10.1 Å². The van der Waals surface area contributed by atoms with Crippen LogP contribution in [0.1, 0.15) is 32.8 Å². The third-order valence-corrected chi connectivity index (χ3v) is 6.83. The van der Waals surface area contributed by atoms with E-state index >= 15 is 0 Å². The van der Waals surface area contributed by atoms with Crippen LogP contribution in [0.15, 0.2) is 48.5 Å². The first-order valence-electron chi connectivity index (χ1n) is 10.9. The maximum atomic E-state index is 13.4. The number of non-ortho nitro benzene ring substituents is 1. The molecule has 0 saturated carbocycles. The number of benzene rings is 2. The van der Waals surface area contributed by atoms with Gasteiger partial charge in [-0.05, 0) is 44.0 Å². The highest BCUT2D eigenvalue weighted by molar-refractivity contribution is 7.92. The number of halogens is 1. The second-order valence-electron chi connectivity index (χ2n) is 8.19. The lowest BCUT2D eigenvalue weighted by Gasteiger charge is -2.32. The molecular formula is C23H29ClN4O6S. The molecule has 0 heterocycles. The van der Waals surface area contributed by atoms with Crippen molar-refractivity contribution in [3.8, 4) is 0 Å². The SMILES string of the molecule is CCC(C)NC(=O)C(C)N(Cc1ccc(Cl)cc1)C(=O)CN(c1cccc([N+](=O)[O-])c1)S(C)(=O)=O. The van der Waals surface area contributed by atoms with Crippen molar-refractivity contribution < 1.29 is 22.9 Å². The Morgan fingerprint density at radius 1 is 1.14 bits per heavy atom. The highest BCUT2D eigenvalue weighted by Crippen LogP contribution is 2.24. The molecule has 10 nitrogen and oxygen atoms in total. The van der Waals surface area contributed by atoms with Gasteiger partial charge in [-0.15, -0.1) is 0 Å². The predicted molar refractivity (Wildman–Crippen MR) is 135 cm³/mol. The van der Waals surface area contributed by atoms with E-state index in [-0.39, 0.29) is 29.9 Å². The molecule has 0 spiro atoms. The lowest BCUT2D eigenvalue weighted by Crippen LogP contribution is -2.52. The average Bonchev–Trinajstić information content (AvgIpc) is 2.80. The summed E-state index contributed by atoms with van der Waals surface area (Å²) >= 11 is 5.95. The zero-order valence-electron chi connectivity index (χ0n) is 20.0. The molecule has 1 N–H and O–H groups in total. The first-order chi connectivity index (χ1) is 16.3. The molecule has 2 unspecified atom stereocenters. The molecule has 2 atom stereocenters. The van der Waals surface area contributed by atoms with Crippen LogP contribution in [-0.2, 0) is 26.2 Å². The predicted octanol–water partition coefficient (Wildman–Crippen LogP) is 3.35. The Balaban J connectivity index is 2.41. The van der Waals surface area contributed by atoms with E-state index in [2.05, 4.69) is 5.32 Å². The summed E-state index contributed by atoms with van der Waals surface area (Å²) in [6.45, 7) is 4.69. The van der Waals surface area contributed by atoms with Crippen molar-refractivity contribution in [2.24, 2.45) is 0 Å². The number of nitro benzene ring substituents is 1. The smallest absolute Gasteiger partial charge is 0.271 e. The topological polar surface area (TPSA) is 130 Å². The van der Waals surface area contributed by atoms with Crippen molar-refractivity contribution in [3.63, 3.8) is 0 Å². The first kappa shape index (κ1) is 28.1. The van der Waals surface area contributed by atoms with Gasteiger partial charge in [-0.3, -0.25) is 24.0 Å². The van der Waals surface area contributed by atoms with E-state index in [0.29, 0.717) is 17.0 Å². The molecule has 190 valence electrons. The summed E-state index contributed by atoms with van der Waals surface area (Å²) in [6, 6.07) is 10.7. The number of rotatable bonds is 11. The minimum Gasteiger partial charge on any atom is -0.352 e. The van der Waals surface area contributed by atoms with Gasteiger partial charge >= 0.3 is 0 Å². The quantitative estimate of drug-likeness (QED) is 0.354. The number of sulfonamides is 1. The lowest BCUT2D eigenvalue weighted by atomic mass is 10.1. The molecule has 0 aliphatic rings. The van der Waals surface area contributed by atoms with Crippen LogP contribution < -0.4 is 9.62 Å². The van der Waals surface area contributed by atoms with Crippen LogP contribution in [0.25, 0.3) is 0 Å². The minimum atomic E-state index is -3.99. The van der Waals surface area contributed by atoms with Gasteiger partial charge in [0.1, 0.15) is 12.6 Å². The number of nitrogens with zero attached hydrogens (tertiary/aromatic N) is 3. The molecule has 2 aromatic rings. The van der Waals surface area contributed by atoms with Crippen LogP contribution in [0.5, 0.6) is 0 Å². The van der Waals surface area contributed by atoms with Gasteiger partial charge in [-0.25, -0.2) is 8.42 Å². The third-order valence-electron chi connectivity index (χ3n) is 5.44. The average molecular weight is 525 g/mol. The van der Waals surface area contributed by atoms with Gasteiger partial charge in [0.25, 0.3) is 5.69 Å². The Bertz CT molecular complexity index is 1170. The van der Waals surface area contributed by atoms with Crippen LogP contribution in [0.4, 0.5) is 11.4 Å². The van der Waals surface area contributed by atoms with Crippen molar-refractivity contribution in [2.45, 2.75) is 45.8 Å². The number of carbonyl (C=O) groups is 2. The van der Waals surface area contributed by atoms with Gasteiger partial charge in [-0.1, -0.05) is 36.7 Å². The van der Waals surface area contributed by atoms with Gasteiger partial charge in [0, 0.05) is 29.7 Å². The summed E-state index contributed by atoms with van der Waals surface area (Å²) in [5, 5.41) is 14.5. The Kier molecular flexibility index (Phi) is 9.61. The number of carbonyl (C=O) groups excluding carboxylic acids is 2. The molecule has 0 aliphatic heterocycles. The standard InChI is InChI=1S/C23H29ClN4O6S/c1-5-16(2)25-23(30)17(3)26(14-18-9-11-19(24)12-10-18)22(29)15-27(35(4,33)34)20-7-6-8-21(13-20)28(31)32/h6-13,16-17H,5,14-15H2,1-4H3,(H,25,30). The molecule has 0 fully saturated rings. The Morgan fingerprint density at radius 2 is 1.77 bits per heavy atom. The third kappa shape index (κ3) is 7.93. The lowest BCUT2D eigenvalue weighted by molar-refractivity contribution is -0.384. The van der Waals surface area contributed by atoms with E-state index in [1.165, 1.54) is 23.1 Å². The highest BCUT2D eigenvalue weighted by Gasteiger charge is 2.30. The van der Waals surface area contributed by atoms with E-state index in [1.807, 2.05) is 13.8 Å². The number of hydrogen-bond acceptors (Lipinski definition) is 6. The van der Waals surface area contributed by atoms with Gasteiger partial charge in [0.2, 0.25) is 21.8 Å². The normalized spacial score (nSPS) is 12.9. The molecule has 2 rings (SSSR count). The molecule has 0 saturated heterocycles. The molecule has 2 amide bonds. The highest BCUT2D eigenvalue weighted by atomic mass is 35.5. The minimum absolute atomic E-state index is 0.0254. The van der Waals surface area contributed by atoms with Crippen molar-refractivity contribution in [3.05, 3.63) is 69.2 Å². The first-order valence-corrected chi connectivity index (χ1v) is 13.1.